The Morgan fingerprint density at radius 1 is 0.810 bits per heavy atom. The fourth-order valence-electron chi connectivity index (χ4n) is 4.52. The van der Waals surface area contributed by atoms with Crippen LogP contribution in [-0.4, -0.2) is 79.6 Å². The van der Waals surface area contributed by atoms with Gasteiger partial charge in [0.2, 0.25) is 17.7 Å². The van der Waals surface area contributed by atoms with Gasteiger partial charge in [0.1, 0.15) is 18.1 Å². The maximum atomic E-state index is 13.2. The number of carbonyl (C=O) groups is 4. The summed E-state index contributed by atoms with van der Waals surface area (Å²) in [5.41, 5.74) is 9.02. The van der Waals surface area contributed by atoms with E-state index in [9.17, 15) is 29.4 Å². The second-order valence-electron chi connectivity index (χ2n) is 9.85. The fourth-order valence-corrected chi connectivity index (χ4v) is 4.52. The van der Waals surface area contributed by atoms with Gasteiger partial charge in [0.05, 0.1) is 19.0 Å². The highest BCUT2D eigenvalue weighted by Crippen LogP contribution is 2.18. The molecular formula is C29H33N7O6. The molecule has 4 unspecified atom stereocenters. The van der Waals surface area contributed by atoms with E-state index in [0.717, 1.165) is 16.5 Å². The number of carboxylic acid groups (broad SMARTS) is 1. The molecular weight excluding hydrogens is 542 g/mol. The van der Waals surface area contributed by atoms with Crippen molar-refractivity contribution in [3.05, 3.63) is 90.1 Å². The monoisotopic (exact) mass is 575 g/mol. The van der Waals surface area contributed by atoms with Crippen molar-refractivity contribution in [2.24, 2.45) is 5.73 Å². The first-order valence-corrected chi connectivity index (χ1v) is 13.3. The zero-order chi connectivity index (χ0) is 30.1. The van der Waals surface area contributed by atoms with Crippen molar-refractivity contribution < 1.29 is 29.4 Å². The Morgan fingerprint density at radius 2 is 1.48 bits per heavy atom. The van der Waals surface area contributed by atoms with Crippen LogP contribution in [0.2, 0.25) is 0 Å². The lowest BCUT2D eigenvalue weighted by Gasteiger charge is -2.24. The van der Waals surface area contributed by atoms with Crippen molar-refractivity contribution in [3.8, 4) is 0 Å². The molecule has 42 heavy (non-hydrogen) atoms. The number of nitrogens with one attached hydrogen (secondary N) is 5. The van der Waals surface area contributed by atoms with Crippen LogP contribution in [0, 0.1) is 0 Å². The van der Waals surface area contributed by atoms with Crippen LogP contribution in [0.15, 0.2) is 73.3 Å². The molecule has 0 spiro atoms. The number of aromatic nitrogens is 3. The lowest BCUT2D eigenvalue weighted by Crippen LogP contribution is -2.58. The number of nitrogens with two attached hydrogens (primary N) is 1. The van der Waals surface area contributed by atoms with Crippen LogP contribution in [0.25, 0.3) is 10.9 Å². The molecule has 220 valence electrons. The largest absolute Gasteiger partial charge is 0.480 e. The van der Waals surface area contributed by atoms with Gasteiger partial charge in [0, 0.05) is 41.8 Å². The Kier molecular flexibility index (Phi) is 10.0. The predicted octanol–water partition coefficient (Wildman–Crippen LogP) is -0.222. The normalized spacial score (nSPS) is 14.0. The quantitative estimate of drug-likeness (QED) is 0.100. The molecule has 2 aromatic heterocycles. The van der Waals surface area contributed by atoms with E-state index in [4.69, 9.17) is 5.73 Å². The number of carbonyl (C=O) groups excluding carboxylic acids is 3. The number of amides is 3. The van der Waals surface area contributed by atoms with Gasteiger partial charge in [-0.1, -0.05) is 48.5 Å². The number of hydrogen-bond acceptors (Lipinski definition) is 7. The highest BCUT2D eigenvalue weighted by atomic mass is 16.4. The minimum absolute atomic E-state index is 0.0241. The van der Waals surface area contributed by atoms with E-state index in [-0.39, 0.29) is 19.3 Å². The van der Waals surface area contributed by atoms with E-state index in [2.05, 4.69) is 30.9 Å². The van der Waals surface area contributed by atoms with Gasteiger partial charge in [0.15, 0.2) is 0 Å². The lowest BCUT2D eigenvalue weighted by molar-refractivity contribution is -0.142. The summed E-state index contributed by atoms with van der Waals surface area (Å²) in [5, 5.41) is 28.0. The Balaban J connectivity index is 1.41. The summed E-state index contributed by atoms with van der Waals surface area (Å²) in [6, 6.07) is 11.4. The van der Waals surface area contributed by atoms with Crippen LogP contribution < -0.4 is 21.7 Å². The summed E-state index contributed by atoms with van der Waals surface area (Å²) in [6.07, 6.45) is 4.76. The number of aliphatic hydroxyl groups is 1. The van der Waals surface area contributed by atoms with Crippen molar-refractivity contribution in [3.63, 3.8) is 0 Å². The van der Waals surface area contributed by atoms with Gasteiger partial charge in [0.25, 0.3) is 0 Å². The molecule has 2 aromatic carbocycles. The average Bonchev–Trinajstić information content (AvgIpc) is 3.65. The number of benzene rings is 2. The number of nitrogens with zero attached hydrogens (tertiary/aromatic N) is 1. The third-order valence-corrected chi connectivity index (χ3v) is 6.78. The molecule has 0 aliphatic heterocycles. The molecule has 4 rings (SSSR count). The van der Waals surface area contributed by atoms with Crippen molar-refractivity contribution >= 4 is 34.6 Å². The van der Waals surface area contributed by atoms with E-state index in [1.165, 1.54) is 12.5 Å². The van der Waals surface area contributed by atoms with E-state index in [1.807, 2.05) is 24.3 Å². The van der Waals surface area contributed by atoms with Crippen LogP contribution in [0.5, 0.6) is 0 Å². The van der Waals surface area contributed by atoms with Crippen LogP contribution >= 0.6 is 0 Å². The third-order valence-electron chi connectivity index (χ3n) is 6.78. The van der Waals surface area contributed by atoms with Gasteiger partial charge in [-0.2, -0.15) is 0 Å². The number of H-pyrrole nitrogens is 2. The Bertz CT molecular complexity index is 1510. The molecule has 4 atom stereocenters. The maximum Gasteiger partial charge on any atom is 0.326 e. The summed E-state index contributed by atoms with van der Waals surface area (Å²) in [4.78, 5) is 61.0. The van der Waals surface area contributed by atoms with Crippen molar-refractivity contribution in [2.45, 2.75) is 43.4 Å². The number of imidazole rings is 1. The highest BCUT2D eigenvalue weighted by Gasteiger charge is 2.31. The van der Waals surface area contributed by atoms with Gasteiger partial charge < -0.3 is 41.9 Å². The molecule has 13 nitrogen and oxygen atoms in total. The van der Waals surface area contributed by atoms with Gasteiger partial charge in [-0.05, 0) is 23.6 Å². The van der Waals surface area contributed by atoms with Crippen molar-refractivity contribution in [2.75, 3.05) is 6.61 Å². The predicted molar refractivity (Wildman–Crippen MR) is 153 cm³/mol. The number of aliphatic carboxylic acids is 1. The smallest absolute Gasteiger partial charge is 0.326 e. The molecule has 0 bridgehead atoms. The standard InChI is InChI=1S/C29H33N7O6/c30-21(11-18-13-32-22-9-5-4-8-20(18)22)26(38)36-25(15-37)28(40)34-23(12-19-14-31-16-33-19)27(39)35-24(29(41)42)10-17-6-2-1-3-7-17/h1-9,13-14,16,21,23-25,32,37H,10-12,15,30H2,(H,31,33)(H,34,40)(H,35,39)(H,36,38)(H,41,42). The van der Waals surface area contributed by atoms with Gasteiger partial charge in [-0.25, -0.2) is 9.78 Å². The molecule has 13 heteroatoms. The number of carboxylic acids is 1. The Morgan fingerprint density at radius 3 is 2.17 bits per heavy atom. The molecule has 2 heterocycles. The highest BCUT2D eigenvalue weighted by molar-refractivity contribution is 5.94. The number of aliphatic hydroxyl groups excluding tert-OH is 1. The first kappa shape index (κ1) is 30.0. The molecule has 4 aromatic rings. The number of rotatable bonds is 14. The van der Waals surface area contributed by atoms with Gasteiger partial charge in [-0.3, -0.25) is 14.4 Å². The van der Waals surface area contributed by atoms with E-state index in [1.54, 1.807) is 36.5 Å². The van der Waals surface area contributed by atoms with E-state index >= 15 is 0 Å². The summed E-state index contributed by atoms with van der Waals surface area (Å²) >= 11 is 0. The number of fused-ring (bicyclic) bond motifs is 1. The zero-order valence-electron chi connectivity index (χ0n) is 22.6. The third kappa shape index (κ3) is 7.80. The number of aromatic amines is 2. The first-order valence-electron chi connectivity index (χ1n) is 13.3. The molecule has 0 saturated heterocycles. The second kappa shape index (κ2) is 14.1. The topological polar surface area (TPSA) is 215 Å². The van der Waals surface area contributed by atoms with Gasteiger partial charge >= 0.3 is 5.97 Å². The summed E-state index contributed by atoms with van der Waals surface area (Å²) in [6.45, 7) is -0.762. The molecule has 9 N–H and O–H groups in total. The van der Waals surface area contributed by atoms with Crippen LogP contribution in [-0.2, 0) is 38.4 Å². The SMILES string of the molecule is NC(Cc1c[nH]c2ccccc12)C(=O)NC(CO)C(=O)NC(Cc1cnc[nH]1)C(=O)NC(Cc1ccccc1)C(=O)O. The molecule has 0 aliphatic carbocycles. The van der Waals surface area contributed by atoms with E-state index < -0.39 is 54.5 Å². The van der Waals surface area contributed by atoms with Crippen LogP contribution in [0.3, 0.4) is 0 Å². The summed E-state index contributed by atoms with van der Waals surface area (Å²) in [5.74, 6) is -3.53. The molecule has 0 aliphatic rings. The zero-order valence-corrected chi connectivity index (χ0v) is 22.6. The Hall–Kier alpha value is -5.01. The van der Waals surface area contributed by atoms with Crippen LogP contribution in [0.4, 0.5) is 0 Å². The van der Waals surface area contributed by atoms with Crippen molar-refractivity contribution in [1.29, 1.82) is 0 Å². The average molecular weight is 576 g/mol. The van der Waals surface area contributed by atoms with E-state index in [0.29, 0.717) is 11.3 Å². The summed E-state index contributed by atoms with van der Waals surface area (Å²) in [7, 11) is 0. The Labute approximate surface area is 240 Å². The minimum Gasteiger partial charge on any atom is -0.480 e. The second-order valence-corrected chi connectivity index (χ2v) is 9.85. The minimum atomic E-state index is -1.41. The molecule has 0 saturated carbocycles. The maximum absolute atomic E-state index is 13.2. The molecule has 0 fully saturated rings. The molecule has 0 radical (unpaired) electrons. The first-order chi connectivity index (χ1) is 20.2. The number of para-hydroxylation sites is 1. The summed E-state index contributed by atoms with van der Waals surface area (Å²) < 4.78 is 0. The lowest BCUT2D eigenvalue weighted by atomic mass is 10.0. The van der Waals surface area contributed by atoms with Crippen LogP contribution in [0.1, 0.15) is 16.8 Å². The van der Waals surface area contributed by atoms with Gasteiger partial charge in [-0.15, -0.1) is 0 Å². The number of hydrogen-bond donors (Lipinski definition) is 8. The fraction of sp³-hybridized carbons (Fsp3) is 0.276. The van der Waals surface area contributed by atoms with Crippen molar-refractivity contribution in [1.82, 2.24) is 30.9 Å². The molecule has 3 amide bonds.